The van der Waals surface area contributed by atoms with Gasteiger partial charge in [0.15, 0.2) is 5.16 Å². The molecule has 0 saturated carbocycles. The molecule has 5 heteroatoms. The molecule has 4 nitrogen and oxygen atoms in total. The highest BCUT2D eigenvalue weighted by atomic mass is 32.2. The molecule has 152 valence electrons. The average molecular weight is 407 g/mol. The lowest BCUT2D eigenvalue weighted by atomic mass is 10.1. The Labute approximate surface area is 178 Å². The molecule has 0 radical (unpaired) electrons. The normalized spacial score (nSPS) is 16.0. The van der Waals surface area contributed by atoms with Gasteiger partial charge in [0.1, 0.15) is 5.82 Å². The molecule has 2 heterocycles. The Morgan fingerprint density at radius 1 is 0.862 bits per heavy atom. The minimum absolute atomic E-state index is 0.387. The maximum absolute atomic E-state index is 4.64. The Morgan fingerprint density at radius 3 is 2.24 bits per heavy atom. The summed E-state index contributed by atoms with van der Waals surface area (Å²) in [6, 6.07) is 21.4. The molecule has 1 aliphatic rings. The molecule has 1 fully saturated rings. The van der Waals surface area contributed by atoms with Crippen LogP contribution in [0.1, 0.15) is 54.8 Å². The number of likely N-dealkylation sites (tertiary alicyclic amines) is 1. The molecule has 0 spiro atoms. The zero-order valence-corrected chi connectivity index (χ0v) is 18.0. The molecule has 1 unspecified atom stereocenters. The van der Waals surface area contributed by atoms with Gasteiger partial charge in [-0.2, -0.15) is 0 Å². The molecule has 1 aliphatic heterocycles. The van der Waals surface area contributed by atoms with Crippen molar-refractivity contribution in [3.8, 4) is 0 Å². The molecule has 0 N–H and O–H groups in total. The van der Waals surface area contributed by atoms with E-state index in [2.05, 4.69) is 87.3 Å². The third-order valence-electron chi connectivity index (χ3n) is 5.58. The predicted molar refractivity (Wildman–Crippen MR) is 120 cm³/mol. The Hall–Kier alpha value is -2.11. The van der Waals surface area contributed by atoms with Crippen molar-refractivity contribution < 1.29 is 0 Å². The van der Waals surface area contributed by atoms with E-state index in [-0.39, 0.29) is 0 Å². The number of nitrogens with zero attached hydrogens (tertiary/aromatic N) is 4. The summed E-state index contributed by atoms with van der Waals surface area (Å²) in [5.41, 5.74) is 2.65. The fourth-order valence-corrected chi connectivity index (χ4v) is 5.05. The van der Waals surface area contributed by atoms with Crippen molar-refractivity contribution in [2.75, 3.05) is 13.1 Å². The monoisotopic (exact) mass is 406 g/mol. The van der Waals surface area contributed by atoms with Gasteiger partial charge in [-0.25, -0.2) is 0 Å². The van der Waals surface area contributed by atoms with Crippen molar-refractivity contribution in [1.82, 2.24) is 19.7 Å². The molecule has 0 amide bonds. The van der Waals surface area contributed by atoms with E-state index < -0.39 is 0 Å². The summed E-state index contributed by atoms with van der Waals surface area (Å²) < 4.78 is 2.33. The van der Waals surface area contributed by atoms with E-state index in [1.165, 1.54) is 43.5 Å². The number of rotatable bonds is 8. The maximum Gasteiger partial charge on any atom is 0.192 e. The van der Waals surface area contributed by atoms with Crippen LogP contribution >= 0.6 is 11.8 Å². The fraction of sp³-hybridized carbons (Fsp3) is 0.417. The highest BCUT2D eigenvalue weighted by Gasteiger charge is 2.21. The SMILES string of the molecule is CCC(Sc1nnc(CN2CCCCC2)n1Cc1ccccc1)c1ccccc1. The van der Waals surface area contributed by atoms with Gasteiger partial charge >= 0.3 is 0 Å². The van der Waals surface area contributed by atoms with Crippen molar-refractivity contribution in [3.05, 3.63) is 77.6 Å². The number of hydrogen-bond donors (Lipinski definition) is 0. The minimum atomic E-state index is 0.387. The highest BCUT2D eigenvalue weighted by Crippen LogP contribution is 2.37. The molecule has 0 bridgehead atoms. The van der Waals surface area contributed by atoms with Crippen LogP contribution < -0.4 is 0 Å². The topological polar surface area (TPSA) is 34.0 Å². The van der Waals surface area contributed by atoms with Crippen molar-refractivity contribution in [2.24, 2.45) is 0 Å². The highest BCUT2D eigenvalue weighted by molar-refractivity contribution is 7.99. The van der Waals surface area contributed by atoms with E-state index in [4.69, 9.17) is 0 Å². The average Bonchev–Trinajstić information content (AvgIpc) is 3.15. The smallest absolute Gasteiger partial charge is 0.192 e. The van der Waals surface area contributed by atoms with Crippen LogP contribution in [0.2, 0.25) is 0 Å². The van der Waals surface area contributed by atoms with E-state index in [9.17, 15) is 0 Å². The summed E-state index contributed by atoms with van der Waals surface area (Å²) in [5.74, 6) is 1.08. The Morgan fingerprint density at radius 2 is 1.55 bits per heavy atom. The van der Waals surface area contributed by atoms with E-state index in [1.54, 1.807) is 0 Å². The fourth-order valence-electron chi connectivity index (χ4n) is 3.95. The van der Waals surface area contributed by atoms with Gasteiger partial charge in [-0.1, -0.05) is 85.8 Å². The van der Waals surface area contributed by atoms with E-state index in [0.717, 1.165) is 30.5 Å². The van der Waals surface area contributed by atoms with Crippen LogP contribution in [0, 0.1) is 0 Å². The summed E-state index contributed by atoms with van der Waals surface area (Å²) in [6.07, 6.45) is 5.00. The van der Waals surface area contributed by atoms with Crippen LogP contribution in [-0.2, 0) is 13.1 Å². The van der Waals surface area contributed by atoms with Gasteiger partial charge < -0.3 is 4.57 Å². The van der Waals surface area contributed by atoms with Crippen molar-refractivity contribution >= 4 is 11.8 Å². The number of piperidine rings is 1. The molecule has 0 aliphatic carbocycles. The molecule has 3 aromatic rings. The number of thioether (sulfide) groups is 1. The molecule has 1 saturated heterocycles. The number of aromatic nitrogens is 3. The first-order chi connectivity index (χ1) is 14.3. The zero-order valence-electron chi connectivity index (χ0n) is 17.2. The number of benzene rings is 2. The summed E-state index contributed by atoms with van der Waals surface area (Å²) in [5, 5.41) is 10.7. The lowest BCUT2D eigenvalue weighted by Gasteiger charge is -2.26. The van der Waals surface area contributed by atoms with Gasteiger partial charge in [0.2, 0.25) is 0 Å². The lowest BCUT2D eigenvalue weighted by Crippen LogP contribution is -2.30. The Bertz CT molecular complexity index is 872. The maximum atomic E-state index is 4.64. The molecule has 1 atom stereocenters. The molecular weight excluding hydrogens is 376 g/mol. The van der Waals surface area contributed by atoms with E-state index >= 15 is 0 Å². The quantitative estimate of drug-likeness (QED) is 0.459. The molecule has 4 rings (SSSR count). The van der Waals surface area contributed by atoms with Crippen molar-refractivity contribution in [1.29, 1.82) is 0 Å². The standard InChI is InChI=1S/C24H30N4S/c1-2-22(21-14-8-4-9-15-21)29-24-26-25-23(19-27-16-10-5-11-17-27)28(24)18-20-12-6-3-7-13-20/h3-4,6-9,12-15,22H,2,5,10-11,16-19H2,1H3. The molecular formula is C24H30N4S. The molecule has 2 aromatic carbocycles. The van der Waals surface area contributed by atoms with Crippen LogP contribution in [0.25, 0.3) is 0 Å². The summed E-state index contributed by atoms with van der Waals surface area (Å²) in [7, 11) is 0. The van der Waals surface area contributed by atoms with Gasteiger partial charge in [-0.3, -0.25) is 4.90 Å². The van der Waals surface area contributed by atoms with Gasteiger partial charge in [-0.15, -0.1) is 10.2 Å². The first-order valence-corrected chi connectivity index (χ1v) is 11.6. The second-order valence-electron chi connectivity index (χ2n) is 7.73. The van der Waals surface area contributed by atoms with Crippen molar-refractivity contribution in [2.45, 2.75) is 56.1 Å². The molecule has 1 aromatic heterocycles. The van der Waals surface area contributed by atoms with Crippen LogP contribution in [0.5, 0.6) is 0 Å². The van der Waals surface area contributed by atoms with Crippen LogP contribution in [-0.4, -0.2) is 32.8 Å². The summed E-state index contributed by atoms with van der Waals surface area (Å²) >= 11 is 1.84. The third kappa shape index (κ3) is 5.28. The van der Waals surface area contributed by atoms with Crippen LogP contribution in [0.4, 0.5) is 0 Å². The first kappa shape index (κ1) is 20.2. The van der Waals surface area contributed by atoms with Gasteiger partial charge in [-0.05, 0) is 43.5 Å². The van der Waals surface area contributed by atoms with E-state index in [0.29, 0.717) is 5.25 Å². The third-order valence-corrected chi connectivity index (χ3v) is 6.98. The Balaban J connectivity index is 1.59. The summed E-state index contributed by atoms with van der Waals surface area (Å²) in [4.78, 5) is 2.53. The zero-order chi connectivity index (χ0) is 19.9. The largest absolute Gasteiger partial charge is 0.300 e. The molecule has 29 heavy (non-hydrogen) atoms. The van der Waals surface area contributed by atoms with Gasteiger partial charge in [0, 0.05) is 5.25 Å². The van der Waals surface area contributed by atoms with E-state index in [1.807, 2.05) is 11.8 Å². The first-order valence-electron chi connectivity index (χ1n) is 10.7. The minimum Gasteiger partial charge on any atom is -0.300 e. The lowest BCUT2D eigenvalue weighted by molar-refractivity contribution is 0.213. The second kappa shape index (κ2) is 10.1. The van der Waals surface area contributed by atoms with Crippen molar-refractivity contribution in [3.63, 3.8) is 0 Å². The van der Waals surface area contributed by atoms with Gasteiger partial charge in [0.25, 0.3) is 0 Å². The van der Waals surface area contributed by atoms with Crippen LogP contribution in [0.15, 0.2) is 65.8 Å². The second-order valence-corrected chi connectivity index (χ2v) is 8.90. The Kier molecular flexibility index (Phi) is 7.01. The van der Waals surface area contributed by atoms with Crippen LogP contribution in [0.3, 0.4) is 0 Å². The summed E-state index contributed by atoms with van der Waals surface area (Å²) in [6.45, 7) is 6.30. The predicted octanol–water partition coefficient (Wildman–Crippen LogP) is 5.56. The number of hydrogen-bond acceptors (Lipinski definition) is 4. The van der Waals surface area contributed by atoms with Gasteiger partial charge in [0.05, 0.1) is 13.1 Å².